The maximum absolute atomic E-state index is 13.7. The third-order valence-corrected chi connectivity index (χ3v) is 6.36. The fourth-order valence-electron chi connectivity index (χ4n) is 4.47. The molecule has 1 aromatic heterocycles. The van der Waals surface area contributed by atoms with Crippen LogP contribution in [0.2, 0.25) is 0 Å². The zero-order chi connectivity index (χ0) is 24.6. The van der Waals surface area contributed by atoms with E-state index in [-0.39, 0.29) is 24.3 Å². The molecular weight excluding hydrogens is 442 g/mol. The van der Waals surface area contributed by atoms with Gasteiger partial charge in [-0.3, -0.25) is 19.3 Å². The standard InChI is InChI=1S/C28H31N3O4/c1-2-20-14-16-23(17-15-20)31(25(32)19-29-27(33)24-13-8-18-35-24)26(21-9-4-3-5-10-21)28(34)30-22-11-6-7-12-22/h3-5,8-10,13-18,22,26H,2,6-7,11-12,19H2,1H3,(H,29,33)(H,30,34). The monoisotopic (exact) mass is 473 g/mol. The molecule has 182 valence electrons. The summed E-state index contributed by atoms with van der Waals surface area (Å²) in [5, 5.41) is 5.78. The van der Waals surface area contributed by atoms with Crippen molar-refractivity contribution >= 4 is 23.4 Å². The lowest BCUT2D eigenvalue weighted by Crippen LogP contribution is -2.49. The Kier molecular flexibility index (Phi) is 7.98. The maximum Gasteiger partial charge on any atom is 0.287 e. The third-order valence-electron chi connectivity index (χ3n) is 6.36. The van der Waals surface area contributed by atoms with Crippen LogP contribution in [0.25, 0.3) is 0 Å². The topological polar surface area (TPSA) is 91.7 Å². The summed E-state index contributed by atoms with van der Waals surface area (Å²) in [6.45, 7) is 1.78. The molecule has 1 atom stereocenters. The van der Waals surface area contributed by atoms with Crippen molar-refractivity contribution in [2.45, 2.75) is 51.1 Å². The zero-order valence-electron chi connectivity index (χ0n) is 19.9. The van der Waals surface area contributed by atoms with Gasteiger partial charge in [-0.15, -0.1) is 0 Å². The molecule has 2 N–H and O–H groups in total. The number of amides is 3. The highest BCUT2D eigenvalue weighted by Gasteiger charge is 2.34. The molecule has 1 aliphatic carbocycles. The van der Waals surface area contributed by atoms with E-state index in [9.17, 15) is 14.4 Å². The number of carbonyl (C=O) groups excluding carboxylic acids is 3. The molecule has 1 saturated carbocycles. The van der Waals surface area contributed by atoms with Crippen LogP contribution in [-0.2, 0) is 16.0 Å². The van der Waals surface area contributed by atoms with Gasteiger partial charge in [-0.05, 0) is 54.7 Å². The molecule has 2 aromatic carbocycles. The Morgan fingerprint density at radius 3 is 2.31 bits per heavy atom. The summed E-state index contributed by atoms with van der Waals surface area (Å²) in [7, 11) is 0. The van der Waals surface area contributed by atoms with E-state index in [0.29, 0.717) is 11.3 Å². The summed E-state index contributed by atoms with van der Waals surface area (Å²) in [5.74, 6) is -0.996. The van der Waals surface area contributed by atoms with Crippen LogP contribution in [0.15, 0.2) is 77.4 Å². The Labute approximate surface area is 205 Å². The van der Waals surface area contributed by atoms with Crippen LogP contribution >= 0.6 is 0 Å². The number of nitrogens with zero attached hydrogens (tertiary/aromatic N) is 1. The van der Waals surface area contributed by atoms with Crippen LogP contribution in [0.3, 0.4) is 0 Å². The second kappa shape index (κ2) is 11.5. The Hall–Kier alpha value is -3.87. The van der Waals surface area contributed by atoms with E-state index in [1.54, 1.807) is 6.07 Å². The molecule has 0 spiro atoms. The first-order valence-electron chi connectivity index (χ1n) is 12.1. The molecule has 35 heavy (non-hydrogen) atoms. The Balaban J connectivity index is 1.66. The van der Waals surface area contributed by atoms with Gasteiger partial charge in [0, 0.05) is 11.7 Å². The smallest absolute Gasteiger partial charge is 0.287 e. The number of carbonyl (C=O) groups is 3. The zero-order valence-corrected chi connectivity index (χ0v) is 19.9. The lowest BCUT2D eigenvalue weighted by molar-refractivity contribution is -0.126. The number of furan rings is 1. The van der Waals surface area contributed by atoms with E-state index in [1.807, 2.05) is 54.6 Å². The van der Waals surface area contributed by atoms with Crippen LogP contribution in [0.1, 0.15) is 60.3 Å². The van der Waals surface area contributed by atoms with Crippen LogP contribution in [0, 0.1) is 0 Å². The first kappa shape index (κ1) is 24.3. The molecule has 0 saturated heterocycles. The lowest BCUT2D eigenvalue weighted by Gasteiger charge is -2.32. The normalized spacial score (nSPS) is 14.3. The van der Waals surface area contributed by atoms with Gasteiger partial charge in [0.1, 0.15) is 6.04 Å². The molecule has 7 heteroatoms. The lowest BCUT2D eigenvalue weighted by atomic mass is 10.0. The first-order chi connectivity index (χ1) is 17.1. The Morgan fingerprint density at radius 2 is 1.69 bits per heavy atom. The van der Waals surface area contributed by atoms with E-state index in [1.165, 1.54) is 17.2 Å². The fraction of sp³-hybridized carbons (Fsp3) is 0.321. The average molecular weight is 474 g/mol. The minimum Gasteiger partial charge on any atom is -0.459 e. The summed E-state index contributed by atoms with van der Waals surface area (Å²) in [4.78, 5) is 41.2. The average Bonchev–Trinajstić information content (AvgIpc) is 3.61. The quantitative estimate of drug-likeness (QED) is 0.482. The molecule has 3 amide bonds. The number of hydrogen-bond donors (Lipinski definition) is 2. The molecule has 7 nitrogen and oxygen atoms in total. The number of benzene rings is 2. The fourth-order valence-corrected chi connectivity index (χ4v) is 4.47. The van der Waals surface area contributed by atoms with Crippen molar-refractivity contribution in [2.75, 3.05) is 11.4 Å². The number of anilines is 1. The first-order valence-corrected chi connectivity index (χ1v) is 12.1. The predicted molar refractivity (Wildman–Crippen MR) is 134 cm³/mol. The van der Waals surface area contributed by atoms with Gasteiger partial charge < -0.3 is 15.1 Å². The summed E-state index contributed by atoms with van der Waals surface area (Å²) in [6.07, 6.45) is 6.30. The largest absolute Gasteiger partial charge is 0.459 e. The van der Waals surface area contributed by atoms with Crippen molar-refractivity contribution in [3.05, 3.63) is 89.9 Å². The number of aryl methyl sites for hydroxylation is 1. The van der Waals surface area contributed by atoms with Crippen LogP contribution in [0.5, 0.6) is 0 Å². The van der Waals surface area contributed by atoms with Gasteiger partial charge in [-0.25, -0.2) is 0 Å². The minimum absolute atomic E-state index is 0.104. The van der Waals surface area contributed by atoms with Crippen LogP contribution in [0.4, 0.5) is 5.69 Å². The van der Waals surface area contributed by atoms with E-state index in [4.69, 9.17) is 4.42 Å². The summed E-state index contributed by atoms with van der Waals surface area (Å²) in [6, 6.07) is 19.3. The van der Waals surface area contributed by atoms with Gasteiger partial charge in [-0.1, -0.05) is 62.2 Å². The molecule has 0 aliphatic heterocycles. The second-order valence-corrected chi connectivity index (χ2v) is 8.75. The molecular formula is C28H31N3O4. The van der Waals surface area contributed by atoms with Gasteiger partial charge in [0.15, 0.2) is 5.76 Å². The maximum atomic E-state index is 13.7. The van der Waals surface area contributed by atoms with Crippen molar-refractivity contribution in [2.24, 2.45) is 0 Å². The van der Waals surface area contributed by atoms with Crippen molar-refractivity contribution in [1.82, 2.24) is 10.6 Å². The summed E-state index contributed by atoms with van der Waals surface area (Å²) >= 11 is 0. The highest BCUT2D eigenvalue weighted by molar-refractivity contribution is 6.04. The highest BCUT2D eigenvalue weighted by atomic mass is 16.3. The molecule has 1 fully saturated rings. The minimum atomic E-state index is -0.878. The van der Waals surface area contributed by atoms with Gasteiger partial charge in [0.2, 0.25) is 11.8 Å². The van der Waals surface area contributed by atoms with E-state index < -0.39 is 17.9 Å². The number of nitrogens with one attached hydrogen (secondary N) is 2. The molecule has 1 aliphatic rings. The van der Waals surface area contributed by atoms with Gasteiger partial charge in [0.25, 0.3) is 5.91 Å². The van der Waals surface area contributed by atoms with Crippen molar-refractivity contribution in [3.8, 4) is 0 Å². The molecule has 3 aromatic rings. The summed E-state index contributed by atoms with van der Waals surface area (Å²) < 4.78 is 5.13. The summed E-state index contributed by atoms with van der Waals surface area (Å²) in [5.41, 5.74) is 2.42. The molecule has 0 radical (unpaired) electrons. The predicted octanol–water partition coefficient (Wildman–Crippen LogP) is 4.41. The van der Waals surface area contributed by atoms with Crippen molar-refractivity contribution < 1.29 is 18.8 Å². The molecule has 0 bridgehead atoms. The van der Waals surface area contributed by atoms with E-state index in [2.05, 4.69) is 17.6 Å². The van der Waals surface area contributed by atoms with Gasteiger partial charge in [-0.2, -0.15) is 0 Å². The van der Waals surface area contributed by atoms with E-state index in [0.717, 1.165) is 37.7 Å². The highest BCUT2D eigenvalue weighted by Crippen LogP contribution is 2.29. The van der Waals surface area contributed by atoms with Crippen molar-refractivity contribution in [3.63, 3.8) is 0 Å². The van der Waals surface area contributed by atoms with Gasteiger partial charge >= 0.3 is 0 Å². The van der Waals surface area contributed by atoms with Crippen LogP contribution in [-0.4, -0.2) is 30.3 Å². The van der Waals surface area contributed by atoms with E-state index >= 15 is 0 Å². The SMILES string of the molecule is CCc1ccc(N(C(=O)CNC(=O)c2ccco2)C(C(=O)NC2CCCC2)c2ccccc2)cc1. The van der Waals surface area contributed by atoms with Crippen molar-refractivity contribution in [1.29, 1.82) is 0 Å². The van der Waals surface area contributed by atoms with Crippen LogP contribution < -0.4 is 15.5 Å². The Morgan fingerprint density at radius 1 is 0.971 bits per heavy atom. The molecule has 1 heterocycles. The van der Waals surface area contributed by atoms with Gasteiger partial charge in [0.05, 0.1) is 12.8 Å². The third kappa shape index (κ3) is 5.98. The number of rotatable bonds is 9. The Bertz CT molecular complexity index is 1120. The molecule has 4 rings (SSSR count). The molecule has 1 unspecified atom stereocenters. The second-order valence-electron chi connectivity index (χ2n) is 8.75. The number of hydrogen-bond acceptors (Lipinski definition) is 4.